The molecule has 2 aromatic rings. The maximum absolute atomic E-state index is 14.1. The monoisotopic (exact) mass is 403 g/mol. The number of hydrogen-bond acceptors (Lipinski definition) is 4. The zero-order valence-electron chi connectivity index (χ0n) is 16.7. The van der Waals surface area contributed by atoms with Crippen LogP contribution in [-0.4, -0.2) is 48.1 Å². The lowest BCUT2D eigenvalue weighted by molar-refractivity contribution is -0.130. The van der Waals surface area contributed by atoms with Gasteiger partial charge in [0.15, 0.2) is 0 Å². The van der Waals surface area contributed by atoms with Crippen LogP contribution >= 0.6 is 11.8 Å². The van der Waals surface area contributed by atoms with E-state index in [1.165, 1.54) is 24.6 Å². The van der Waals surface area contributed by atoms with E-state index in [-0.39, 0.29) is 5.91 Å². The van der Waals surface area contributed by atoms with Crippen LogP contribution in [0.1, 0.15) is 24.0 Å². The molecule has 0 spiro atoms. The number of benzene rings is 2. The second kappa shape index (κ2) is 8.44. The molecular formula is C24H25N3OS. The van der Waals surface area contributed by atoms with Crippen LogP contribution < -0.4 is 0 Å². The number of nitriles is 1. The van der Waals surface area contributed by atoms with Crippen molar-refractivity contribution in [1.29, 1.82) is 5.26 Å². The first-order valence-electron chi connectivity index (χ1n) is 10.1. The summed E-state index contributed by atoms with van der Waals surface area (Å²) in [5, 5.41) is 11.0. The number of hydrogen-bond donors (Lipinski definition) is 0. The molecule has 29 heavy (non-hydrogen) atoms. The van der Waals surface area contributed by atoms with Gasteiger partial charge >= 0.3 is 0 Å². The SMILES string of the molecule is CSC1=C(C#N)C(c2ccccc2)(c2ccccc2)C(=O)N1CCN1CCCC1. The van der Waals surface area contributed by atoms with Crippen molar-refractivity contribution in [2.75, 3.05) is 32.4 Å². The topological polar surface area (TPSA) is 47.3 Å². The Bertz CT molecular complexity index is 904. The van der Waals surface area contributed by atoms with Gasteiger partial charge < -0.3 is 9.80 Å². The number of nitrogens with zero attached hydrogens (tertiary/aromatic N) is 3. The first-order valence-corrected chi connectivity index (χ1v) is 11.3. The van der Waals surface area contributed by atoms with Crippen molar-refractivity contribution in [2.24, 2.45) is 0 Å². The van der Waals surface area contributed by atoms with Crippen molar-refractivity contribution in [3.05, 3.63) is 82.4 Å². The molecule has 1 saturated heterocycles. The minimum Gasteiger partial charge on any atom is -0.303 e. The van der Waals surface area contributed by atoms with Crippen LogP contribution in [0.4, 0.5) is 0 Å². The summed E-state index contributed by atoms with van der Waals surface area (Å²) in [7, 11) is 0. The fraction of sp³-hybridized carbons (Fsp3) is 0.333. The van der Waals surface area contributed by atoms with Crippen molar-refractivity contribution in [3.8, 4) is 6.07 Å². The third kappa shape index (κ3) is 3.27. The molecule has 4 rings (SSSR count). The summed E-state index contributed by atoms with van der Waals surface area (Å²) >= 11 is 1.49. The molecule has 0 N–H and O–H groups in total. The van der Waals surface area contributed by atoms with E-state index in [0.717, 1.165) is 35.8 Å². The van der Waals surface area contributed by atoms with Gasteiger partial charge in [-0.15, -0.1) is 11.8 Å². The van der Waals surface area contributed by atoms with Crippen LogP contribution in [0, 0.1) is 11.3 Å². The lowest BCUT2D eigenvalue weighted by Crippen LogP contribution is -2.43. The number of amides is 1. The van der Waals surface area contributed by atoms with Gasteiger partial charge in [-0.05, 0) is 43.3 Å². The Morgan fingerprint density at radius 1 is 0.966 bits per heavy atom. The lowest BCUT2D eigenvalue weighted by atomic mass is 9.70. The molecule has 2 aromatic carbocycles. The molecular weight excluding hydrogens is 378 g/mol. The van der Waals surface area contributed by atoms with E-state index >= 15 is 0 Å². The summed E-state index contributed by atoms with van der Waals surface area (Å²) < 4.78 is 0. The van der Waals surface area contributed by atoms with Crippen LogP contribution in [-0.2, 0) is 10.2 Å². The molecule has 5 heteroatoms. The highest BCUT2D eigenvalue weighted by molar-refractivity contribution is 8.02. The molecule has 2 heterocycles. The largest absolute Gasteiger partial charge is 0.303 e. The van der Waals surface area contributed by atoms with Gasteiger partial charge in [-0.25, -0.2) is 0 Å². The van der Waals surface area contributed by atoms with Gasteiger partial charge in [0.1, 0.15) is 5.41 Å². The Labute approximate surface area is 176 Å². The van der Waals surface area contributed by atoms with Crippen molar-refractivity contribution >= 4 is 17.7 Å². The van der Waals surface area contributed by atoms with E-state index in [4.69, 9.17) is 0 Å². The Balaban J connectivity index is 1.85. The van der Waals surface area contributed by atoms with E-state index in [2.05, 4.69) is 11.0 Å². The molecule has 0 radical (unpaired) electrons. The summed E-state index contributed by atoms with van der Waals surface area (Å²) in [6, 6.07) is 21.9. The second-order valence-electron chi connectivity index (χ2n) is 7.48. The zero-order valence-corrected chi connectivity index (χ0v) is 17.5. The molecule has 2 aliphatic rings. The highest BCUT2D eigenvalue weighted by atomic mass is 32.2. The molecule has 0 unspecified atom stereocenters. The summed E-state index contributed by atoms with van der Waals surface area (Å²) in [6.07, 6.45) is 4.40. The van der Waals surface area contributed by atoms with Crippen LogP contribution in [0.15, 0.2) is 71.3 Å². The number of carbonyl (C=O) groups is 1. The van der Waals surface area contributed by atoms with Gasteiger partial charge in [-0.3, -0.25) is 4.79 Å². The van der Waals surface area contributed by atoms with E-state index < -0.39 is 5.41 Å². The molecule has 4 nitrogen and oxygen atoms in total. The van der Waals surface area contributed by atoms with E-state index in [1.54, 1.807) is 0 Å². The van der Waals surface area contributed by atoms with Crippen molar-refractivity contribution in [3.63, 3.8) is 0 Å². The average Bonchev–Trinajstić information content (AvgIpc) is 3.38. The van der Waals surface area contributed by atoms with Gasteiger partial charge in [0.2, 0.25) is 5.91 Å². The predicted molar refractivity (Wildman–Crippen MR) is 117 cm³/mol. The first-order chi connectivity index (χ1) is 14.2. The summed E-state index contributed by atoms with van der Waals surface area (Å²) in [6.45, 7) is 3.64. The summed E-state index contributed by atoms with van der Waals surface area (Å²) in [4.78, 5) is 18.3. The zero-order chi connectivity index (χ0) is 20.3. The van der Waals surface area contributed by atoms with Crippen LogP contribution in [0.25, 0.3) is 0 Å². The molecule has 1 amide bonds. The molecule has 2 aliphatic heterocycles. The number of likely N-dealkylation sites (tertiary alicyclic amines) is 1. The molecule has 0 saturated carbocycles. The second-order valence-corrected chi connectivity index (χ2v) is 8.28. The highest BCUT2D eigenvalue weighted by Gasteiger charge is 2.55. The summed E-state index contributed by atoms with van der Waals surface area (Å²) in [5.41, 5.74) is 1.15. The maximum Gasteiger partial charge on any atom is 0.247 e. The average molecular weight is 404 g/mol. The quantitative estimate of drug-likeness (QED) is 0.731. The van der Waals surface area contributed by atoms with Gasteiger partial charge in [0.05, 0.1) is 16.7 Å². The normalized spacial score (nSPS) is 19.0. The van der Waals surface area contributed by atoms with Crippen molar-refractivity contribution in [1.82, 2.24) is 9.80 Å². The highest BCUT2D eigenvalue weighted by Crippen LogP contribution is 2.49. The molecule has 0 bridgehead atoms. The Hall–Kier alpha value is -2.55. The molecule has 0 atom stereocenters. The third-order valence-electron chi connectivity index (χ3n) is 5.96. The third-order valence-corrected chi connectivity index (χ3v) is 6.77. The number of thioether (sulfide) groups is 1. The Kier molecular flexibility index (Phi) is 5.75. The number of carbonyl (C=O) groups excluding carboxylic acids is 1. The maximum atomic E-state index is 14.1. The molecule has 1 fully saturated rings. The summed E-state index contributed by atoms with van der Waals surface area (Å²) in [5.74, 6) is -0.0185. The minimum atomic E-state index is -1.08. The van der Waals surface area contributed by atoms with Gasteiger partial charge in [-0.2, -0.15) is 5.26 Å². The van der Waals surface area contributed by atoms with Crippen molar-refractivity contribution < 1.29 is 4.79 Å². The van der Waals surface area contributed by atoms with Crippen LogP contribution in [0.5, 0.6) is 0 Å². The standard InChI is InChI=1S/C24H25N3OS/c1-29-22-21(18-25)24(19-10-4-2-5-11-19,20-12-6-3-7-13-20)23(28)27(22)17-16-26-14-8-9-15-26/h2-7,10-13H,8-9,14-17H2,1H3. The predicted octanol–water partition coefficient (Wildman–Crippen LogP) is 4.01. The van der Waals surface area contributed by atoms with Crippen LogP contribution in [0.3, 0.4) is 0 Å². The first kappa shape index (κ1) is 19.8. The Morgan fingerprint density at radius 3 is 2.00 bits per heavy atom. The van der Waals surface area contributed by atoms with E-state index in [0.29, 0.717) is 12.1 Å². The van der Waals surface area contributed by atoms with E-state index in [9.17, 15) is 10.1 Å². The van der Waals surface area contributed by atoms with Gasteiger partial charge in [-0.1, -0.05) is 60.7 Å². The fourth-order valence-electron chi connectivity index (χ4n) is 4.57. The van der Waals surface area contributed by atoms with Gasteiger partial charge in [0.25, 0.3) is 0 Å². The molecule has 0 aliphatic carbocycles. The fourth-order valence-corrected chi connectivity index (χ4v) is 5.37. The van der Waals surface area contributed by atoms with Crippen LogP contribution in [0.2, 0.25) is 0 Å². The number of rotatable bonds is 6. The molecule has 0 aromatic heterocycles. The smallest absolute Gasteiger partial charge is 0.247 e. The molecule has 148 valence electrons. The van der Waals surface area contributed by atoms with E-state index in [1.807, 2.05) is 71.8 Å². The van der Waals surface area contributed by atoms with Crippen molar-refractivity contribution in [2.45, 2.75) is 18.3 Å². The van der Waals surface area contributed by atoms with Gasteiger partial charge in [0, 0.05) is 13.1 Å². The minimum absolute atomic E-state index is 0.0185. The lowest BCUT2D eigenvalue weighted by Gasteiger charge is -2.31. The Morgan fingerprint density at radius 2 is 1.52 bits per heavy atom.